The van der Waals surface area contributed by atoms with E-state index in [9.17, 15) is 4.79 Å². The summed E-state index contributed by atoms with van der Waals surface area (Å²) < 4.78 is 0. The van der Waals surface area contributed by atoms with Gasteiger partial charge in [-0.25, -0.2) is 9.97 Å². The normalized spacial score (nSPS) is 19.0. The van der Waals surface area contributed by atoms with Crippen LogP contribution in [0, 0.1) is 6.92 Å². The van der Waals surface area contributed by atoms with Crippen LogP contribution in [0.1, 0.15) is 30.2 Å². The zero-order chi connectivity index (χ0) is 21.1. The molecular weight excluding hydrogens is 418 g/mol. The molecule has 1 aliphatic heterocycles. The van der Waals surface area contributed by atoms with Gasteiger partial charge in [0.15, 0.2) is 6.29 Å². The lowest BCUT2D eigenvalue weighted by Crippen LogP contribution is -2.59. The molecule has 2 heterocycles. The predicted molar refractivity (Wildman–Crippen MR) is 123 cm³/mol. The highest BCUT2D eigenvalue weighted by atomic mass is 35.5. The second-order valence-electron chi connectivity index (χ2n) is 7.28. The summed E-state index contributed by atoms with van der Waals surface area (Å²) in [5.74, 6) is 1.27. The van der Waals surface area contributed by atoms with Crippen LogP contribution >= 0.6 is 23.4 Å². The summed E-state index contributed by atoms with van der Waals surface area (Å²) in [6.07, 6.45) is 0.955. The standard InChI is InChI=1S/C22H24ClN5OS/c1-3-14-6-9-18-17(10-14)13(2)24-21(25-18)28-22-26-19(29)11-20(27-22)30-12-15-4-7-16(23)8-5-15/h4-10,20,22,27H,3,11-12H2,1-2H3,(H,26,29)(H,24,25,28). The van der Waals surface area contributed by atoms with Crippen LogP contribution in [0.25, 0.3) is 10.9 Å². The van der Waals surface area contributed by atoms with Gasteiger partial charge in [-0.3, -0.25) is 10.1 Å². The number of anilines is 1. The number of aryl methyl sites for hydroxylation is 2. The van der Waals surface area contributed by atoms with Gasteiger partial charge in [-0.1, -0.05) is 36.7 Å². The Morgan fingerprint density at radius 3 is 2.70 bits per heavy atom. The van der Waals surface area contributed by atoms with Gasteiger partial charge in [-0.05, 0) is 48.7 Å². The minimum Gasteiger partial charge on any atom is -0.323 e. The van der Waals surface area contributed by atoms with Crippen molar-refractivity contribution in [3.05, 3.63) is 64.3 Å². The Hall–Kier alpha value is -2.35. The Labute approximate surface area is 185 Å². The van der Waals surface area contributed by atoms with Crippen molar-refractivity contribution in [2.45, 2.75) is 44.1 Å². The fourth-order valence-electron chi connectivity index (χ4n) is 3.38. The molecule has 2 unspecified atom stereocenters. The van der Waals surface area contributed by atoms with E-state index in [-0.39, 0.29) is 11.3 Å². The summed E-state index contributed by atoms with van der Waals surface area (Å²) in [7, 11) is 0. The Morgan fingerprint density at radius 2 is 1.93 bits per heavy atom. The smallest absolute Gasteiger partial charge is 0.226 e. The Balaban J connectivity index is 1.43. The van der Waals surface area contributed by atoms with Crippen molar-refractivity contribution in [2.24, 2.45) is 0 Å². The van der Waals surface area contributed by atoms with Crippen molar-refractivity contribution in [3.8, 4) is 0 Å². The van der Waals surface area contributed by atoms with Gasteiger partial charge in [0.2, 0.25) is 11.9 Å². The Morgan fingerprint density at radius 1 is 1.17 bits per heavy atom. The molecule has 1 amide bonds. The van der Waals surface area contributed by atoms with E-state index < -0.39 is 6.29 Å². The molecule has 156 valence electrons. The summed E-state index contributed by atoms with van der Waals surface area (Å²) in [5, 5.41) is 11.3. The third-order valence-electron chi connectivity index (χ3n) is 5.03. The van der Waals surface area contributed by atoms with E-state index in [1.54, 1.807) is 11.8 Å². The summed E-state index contributed by atoms with van der Waals surface area (Å²) in [6, 6.07) is 14.0. The lowest BCUT2D eigenvalue weighted by atomic mass is 10.1. The van der Waals surface area contributed by atoms with Crippen LogP contribution in [0.3, 0.4) is 0 Å². The fraction of sp³-hybridized carbons (Fsp3) is 0.318. The van der Waals surface area contributed by atoms with Gasteiger partial charge in [0.05, 0.1) is 23.0 Å². The van der Waals surface area contributed by atoms with Crippen LogP contribution in [0.2, 0.25) is 5.02 Å². The fourth-order valence-corrected chi connectivity index (χ4v) is 4.59. The first kappa shape index (κ1) is 20.9. The van der Waals surface area contributed by atoms with Crippen LogP contribution in [0.5, 0.6) is 0 Å². The Bertz CT molecular complexity index is 1060. The zero-order valence-corrected chi connectivity index (χ0v) is 18.5. The molecule has 8 heteroatoms. The summed E-state index contributed by atoms with van der Waals surface area (Å²) >= 11 is 7.63. The van der Waals surface area contributed by atoms with Crippen molar-refractivity contribution in [1.82, 2.24) is 20.6 Å². The molecule has 4 rings (SSSR count). The maximum atomic E-state index is 12.2. The number of thioether (sulfide) groups is 1. The van der Waals surface area contributed by atoms with Crippen LogP contribution in [-0.2, 0) is 17.0 Å². The molecule has 2 atom stereocenters. The molecule has 0 aliphatic carbocycles. The van der Waals surface area contributed by atoms with E-state index >= 15 is 0 Å². The van der Waals surface area contributed by atoms with Crippen molar-refractivity contribution >= 4 is 46.1 Å². The number of hydrogen-bond acceptors (Lipinski definition) is 6. The minimum absolute atomic E-state index is 0.00930. The molecule has 1 aliphatic rings. The van der Waals surface area contributed by atoms with E-state index in [4.69, 9.17) is 11.6 Å². The molecule has 1 aromatic heterocycles. The lowest BCUT2D eigenvalue weighted by Gasteiger charge is -2.31. The number of carbonyl (C=O) groups excluding carboxylic acids is 1. The number of fused-ring (bicyclic) bond motifs is 1. The molecular formula is C22H24ClN5OS. The predicted octanol–water partition coefficient (Wildman–Crippen LogP) is 4.22. The average Bonchev–Trinajstić information content (AvgIpc) is 2.73. The maximum Gasteiger partial charge on any atom is 0.226 e. The molecule has 1 fully saturated rings. The third kappa shape index (κ3) is 5.03. The Kier molecular flexibility index (Phi) is 6.41. The van der Waals surface area contributed by atoms with Crippen molar-refractivity contribution in [1.29, 1.82) is 0 Å². The number of rotatable bonds is 6. The third-order valence-corrected chi connectivity index (χ3v) is 6.48. The SMILES string of the molecule is CCc1ccc2nc(NC3NC(=O)CC(SCc4ccc(Cl)cc4)N3)nc(C)c2c1. The average molecular weight is 442 g/mol. The van der Waals surface area contributed by atoms with Crippen molar-refractivity contribution < 1.29 is 4.79 Å². The minimum atomic E-state index is -0.430. The molecule has 6 nitrogen and oxygen atoms in total. The molecule has 1 saturated heterocycles. The molecule has 30 heavy (non-hydrogen) atoms. The van der Waals surface area contributed by atoms with Crippen LogP contribution in [0.15, 0.2) is 42.5 Å². The highest BCUT2D eigenvalue weighted by molar-refractivity contribution is 7.99. The number of amides is 1. The molecule has 3 aromatic rings. The monoisotopic (exact) mass is 441 g/mol. The van der Waals surface area contributed by atoms with E-state index in [0.717, 1.165) is 33.8 Å². The molecule has 0 spiro atoms. The number of nitrogens with zero attached hydrogens (tertiary/aromatic N) is 2. The van der Waals surface area contributed by atoms with Crippen LogP contribution in [-0.4, -0.2) is 27.5 Å². The summed E-state index contributed by atoms with van der Waals surface area (Å²) in [6.45, 7) is 4.11. The summed E-state index contributed by atoms with van der Waals surface area (Å²) in [5.41, 5.74) is 4.23. The molecule has 0 radical (unpaired) electrons. The second-order valence-corrected chi connectivity index (χ2v) is 8.91. The highest BCUT2D eigenvalue weighted by Crippen LogP contribution is 2.23. The number of benzene rings is 2. The maximum absolute atomic E-state index is 12.2. The lowest BCUT2D eigenvalue weighted by molar-refractivity contribution is -0.123. The summed E-state index contributed by atoms with van der Waals surface area (Å²) in [4.78, 5) is 21.4. The van der Waals surface area contributed by atoms with E-state index in [1.165, 1.54) is 11.1 Å². The van der Waals surface area contributed by atoms with Crippen LogP contribution < -0.4 is 16.0 Å². The number of nitrogens with one attached hydrogen (secondary N) is 3. The van der Waals surface area contributed by atoms with Gasteiger partial charge in [-0.15, -0.1) is 11.8 Å². The molecule has 2 aromatic carbocycles. The van der Waals surface area contributed by atoms with Crippen molar-refractivity contribution in [2.75, 3.05) is 5.32 Å². The zero-order valence-electron chi connectivity index (χ0n) is 16.9. The van der Waals surface area contributed by atoms with Gasteiger partial charge in [0, 0.05) is 16.2 Å². The van der Waals surface area contributed by atoms with Gasteiger partial charge < -0.3 is 10.6 Å². The molecule has 0 saturated carbocycles. The topological polar surface area (TPSA) is 78.9 Å². The largest absolute Gasteiger partial charge is 0.323 e. The van der Waals surface area contributed by atoms with Crippen LogP contribution in [0.4, 0.5) is 5.95 Å². The van der Waals surface area contributed by atoms with E-state index in [1.807, 2.05) is 37.3 Å². The van der Waals surface area contributed by atoms with E-state index in [2.05, 4.69) is 45.0 Å². The highest BCUT2D eigenvalue weighted by Gasteiger charge is 2.26. The van der Waals surface area contributed by atoms with Crippen molar-refractivity contribution in [3.63, 3.8) is 0 Å². The van der Waals surface area contributed by atoms with Gasteiger partial charge in [-0.2, -0.15) is 0 Å². The molecule has 0 bridgehead atoms. The first-order chi connectivity index (χ1) is 14.5. The first-order valence-corrected chi connectivity index (χ1v) is 11.4. The number of carbonyl (C=O) groups is 1. The number of hydrogen-bond donors (Lipinski definition) is 3. The van der Waals surface area contributed by atoms with Gasteiger partial charge in [0.1, 0.15) is 0 Å². The molecule has 3 N–H and O–H groups in total. The van der Waals surface area contributed by atoms with Gasteiger partial charge in [0.25, 0.3) is 0 Å². The van der Waals surface area contributed by atoms with Gasteiger partial charge >= 0.3 is 0 Å². The van der Waals surface area contributed by atoms with E-state index in [0.29, 0.717) is 12.4 Å². The quantitative estimate of drug-likeness (QED) is 0.531. The first-order valence-electron chi connectivity index (χ1n) is 9.95. The number of halogens is 1. The number of aromatic nitrogens is 2. The second kappa shape index (κ2) is 9.20.